The van der Waals surface area contributed by atoms with Gasteiger partial charge in [-0.1, -0.05) is 6.07 Å². The lowest BCUT2D eigenvalue weighted by molar-refractivity contribution is 0.116. The Labute approximate surface area is 108 Å². The summed E-state index contributed by atoms with van der Waals surface area (Å²) in [7, 11) is 2.03. The molecule has 1 heterocycles. The molecule has 1 aliphatic heterocycles. The van der Waals surface area contributed by atoms with E-state index in [-0.39, 0.29) is 5.84 Å². The third kappa shape index (κ3) is 2.82. The first kappa shape index (κ1) is 12.9. The average molecular weight is 247 g/mol. The molecule has 0 bridgehead atoms. The molecule has 1 aliphatic rings. The predicted molar refractivity (Wildman–Crippen MR) is 74.4 cm³/mol. The number of rotatable bonds is 4. The normalized spacial score (nSPS) is 18.9. The molecule has 0 aromatic heterocycles. The number of benzene rings is 1. The van der Waals surface area contributed by atoms with Gasteiger partial charge in [0.05, 0.1) is 6.10 Å². The van der Waals surface area contributed by atoms with Crippen LogP contribution in [0.5, 0.6) is 0 Å². The molecule has 1 atom stereocenters. The summed E-state index contributed by atoms with van der Waals surface area (Å²) in [6.07, 6.45) is 2.56. The molecule has 1 aromatic carbocycles. The molecule has 0 radical (unpaired) electrons. The maximum Gasteiger partial charge on any atom is 0.124 e. The fraction of sp³-hybridized carbons (Fsp3) is 0.500. The Balaban J connectivity index is 2.19. The standard InChI is InChI=1S/C14H21N3O/c1-10-5-6-12(14(15)16)13(8-10)17(2)9-11-4-3-7-18-11/h5-6,8,11H,3-4,7,9H2,1-2H3,(H3,15,16). The van der Waals surface area contributed by atoms with Gasteiger partial charge in [-0.25, -0.2) is 0 Å². The Morgan fingerprint density at radius 1 is 1.56 bits per heavy atom. The van der Waals surface area contributed by atoms with Gasteiger partial charge in [0.25, 0.3) is 0 Å². The predicted octanol–water partition coefficient (Wildman–Crippen LogP) is 1.89. The molecule has 0 saturated carbocycles. The summed E-state index contributed by atoms with van der Waals surface area (Å²) >= 11 is 0. The minimum atomic E-state index is 0.115. The van der Waals surface area contributed by atoms with Crippen molar-refractivity contribution in [2.24, 2.45) is 5.73 Å². The number of aryl methyl sites for hydroxylation is 1. The summed E-state index contributed by atoms with van der Waals surface area (Å²) in [5.74, 6) is 0.115. The van der Waals surface area contributed by atoms with Crippen LogP contribution >= 0.6 is 0 Å². The Hall–Kier alpha value is -1.55. The van der Waals surface area contributed by atoms with Crippen LogP contribution in [0.25, 0.3) is 0 Å². The second-order valence-electron chi connectivity index (χ2n) is 4.95. The van der Waals surface area contributed by atoms with Crippen molar-refractivity contribution in [3.63, 3.8) is 0 Å². The summed E-state index contributed by atoms with van der Waals surface area (Å²) in [6, 6.07) is 5.98. The summed E-state index contributed by atoms with van der Waals surface area (Å²) < 4.78 is 5.65. The van der Waals surface area contributed by atoms with Gasteiger partial charge in [0.1, 0.15) is 5.84 Å². The molecule has 0 spiro atoms. The summed E-state index contributed by atoms with van der Waals surface area (Å²) in [5, 5.41) is 7.64. The fourth-order valence-corrected chi connectivity index (χ4v) is 2.38. The quantitative estimate of drug-likeness (QED) is 0.631. The topological polar surface area (TPSA) is 62.3 Å². The third-order valence-corrected chi connectivity index (χ3v) is 3.36. The number of hydrogen-bond acceptors (Lipinski definition) is 3. The van der Waals surface area contributed by atoms with Gasteiger partial charge < -0.3 is 15.4 Å². The van der Waals surface area contributed by atoms with Gasteiger partial charge in [-0.3, -0.25) is 5.41 Å². The molecule has 0 amide bonds. The number of nitrogens with zero attached hydrogens (tertiary/aromatic N) is 1. The first-order chi connectivity index (χ1) is 8.58. The van der Waals surface area contributed by atoms with Crippen molar-refractivity contribution in [2.45, 2.75) is 25.9 Å². The maximum absolute atomic E-state index is 7.64. The molecular weight excluding hydrogens is 226 g/mol. The lowest BCUT2D eigenvalue weighted by Gasteiger charge is -2.25. The van der Waals surface area contributed by atoms with E-state index in [9.17, 15) is 0 Å². The number of likely N-dealkylation sites (N-methyl/N-ethyl adjacent to an activating group) is 1. The Morgan fingerprint density at radius 3 is 2.94 bits per heavy atom. The number of ether oxygens (including phenoxy) is 1. The van der Waals surface area contributed by atoms with E-state index >= 15 is 0 Å². The van der Waals surface area contributed by atoms with Crippen molar-refractivity contribution in [2.75, 3.05) is 25.1 Å². The van der Waals surface area contributed by atoms with Crippen LogP contribution in [-0.2, 0) is 4.74 Å². The SMILES string of the molecule is Cc1ccc(C(=N)N)c(N(C)CC2CCCO2)c1. The summed E-state index contributed by atoms with van der Waals surface area (Å²) in [5.41, 5.74) is 8.62. The number of nitrogen functional groups attached to an aromatic ring is 1. The molecule has 3 N–H and O–H groups in total. The Bertz CT molecular complexity index is 439. The van der Waals surface area contributed by atoms with E-state index in [1.807, 2.05) is 26.1 Å². The van der Waals surface area contributed by atoms with E-state index in [1.165, 1.54) is 5.56 Å². The van der Waals surface area contributed by atoms with Crippen LogP contribution in [0.3, 0.4) is 0 Å². The highest BCUT2D eigenvalue weighted by atomic mass is 16.5. The molecule has 2 rings (SSSR count). The monoisotopic (exact) mass is 247 g/mol. The molecule has 1 unspecified atom stereocenters. The van der Waals surface area contributed by atoms with E-state index in [0.717, 1.165) is 37.2 Å². The van der Waals surface area contributed by atoms with Gasteiger partial charge in [0, 0.05) is 31.5 Å². The van der Waals surface area contributed by atoms with Crippen LogP contribution in [0.1, 0.15) is 24.0 Å². The smallest absolute Gasteiger partial charge is 0.124 e. The van der Waals surface area contributed by atoms with Gasteiger partial charge in [-0.15, -0.1) is 0 Å². The van der Waals surface area contributed by atoms with Crippen molar-refractivity contribution in [3.8, 4) is 0 Å². The minimum absolute atomic E-state index is 0.115. The van der Waals surface area contributed by atoms with Crippen molar-refractivity contribution >= 4 is 11.5 Å². The molecule has 1 fully saturated rings. The number of anilines is 1. The van der Waals surface area contributed by atoms with Crippen LogP contribution in [0, 0.1) is 12.3 Å². The molecule has 98 valence electrons. The van der Waals surface area contributed by atoms with Crippen LogP contribution in [0.4, 0.5) is 5.69 Å². The number of nitrogens with two attached hydrogens (primary N) is 1. The van der Waals surface area contributed by atoms with E-state index < -0.39 is 0 Å². The van der Waals surface area contributed by atoms with Gasteiger partial charge >= 0.3 is 0 Å². The number of nitrogens with one attached hydrogen (secondary N) is 1. The second kappa shape index (κ2) is 5.40. The second-order valence-corrected chi connectivity index (χ2v) is 4.95. The molecule has 0 aliphatic carbocycles. The van der Waals surface area contributed by atoms with Crippen LogP contribution in [0.2, 0.25) is 0 Å². The summed E-state index contributed by atoms with van der Waals surface area (Å²) in [4.78, 5) is 2.14. The van der Waals surface area contributed by atoms with Crippen LogP contribution < -0.4 is 10.6 Å². The van der Waals surface area contributed by atoms with Crippen molar-refractivity contribution < 1.29 is 4.74 Å². The first-order valence-electron chi connectivity index (χ1n) is 6.35. The van der Waals surface area contributed by atoms with Crippen molar-refractivity contribution in [3.05, 3.63) is 29.3 Å². The highest BCUT2D eigenvalue weighted by molar-refractivity contribution is 6.00. The Morgan fingerprint density at radius 2 is 2.33 bits per heavy atom. The number of hydrogen-bond donors (Lipinski definition) is 2. The van der Waals surface area contributed by atoms with E-state index in [2.05, 4.69) is 11.0 Å². The lowest BCUT2D eigenvalue weighted by Crippen LogP contribution is -2.30. The van der Waals surface area contributed by atoms with Gasteiger partial charge in [0.15, 0.2) is 0 Å². The van der Waals surface area contributed by atoms with Crippen LogP contribution in [0.15, 0.2) is 18.2 Å². The minimum Gasteiger partial charge on any atom is -0.384 e. The van der Waals surface area contributed by atoms with E-state index in [0.29, 0.717) is 6.10 Å². The van der Waals surface area contributed by atoms with E-state index in [1.54, 1.807) is 0 Å². The fourth-order valence-electron chi connectivity index (χ4n) is 2.38. The summed E-state index contributed by atoms with van der Waals surface area (Å²) in [6.45, 7) is 3.77. The molecule has 1 saturated heterocycles. The largest absolute Gasteiger partial charge is 0.384 e. The molecule has 18 heavy (non-hydrogen) atoms. The first-order valence-corrected chi connectivity index (χ1v) is 6.35. The number of amidine groups is 1. The van der Waals surface area contributed by atoms with Crippen molar-refractivity contribution in [1.29, 1.82) is 5.41 Å². The van der Waals surface area contributed by atoms with Crippen LogP contribution in [-0.4, -0.2) is 32.1 Å². The van der Waals surface area contributed by atoms with Crippen molar-refractivity contribution in [1.82, 2.24) is 0 Å². The zero-order chi connectivity index (χ0) is 13.1. The lowest BCUT2D eigenvalue weighted by atomic mass is 10.1. The molecule has 4 nitrogen and oxygen atoms in total. The zero-order valence-electron chi connectivity index (χ0n) is 11.1. The average Bonchev–Trinajstić information content (AvgIpc) is 2.81. The van der Waals surface area contributed by atoms with E-state index in [4.69, 9.17) is 15.9 Å². The van der Waals surface area contributed by atoms with Gasteiger partial charge in [0.2, 0.25) is 0 Å². The molecule has 1 aromatic rings. The van der Waals surface area contributed by atoms with Gasteiger partial charge in [-0.2, -0.15) is 0 Å². The Kier molecular flexibility index (Phi) is 3.87. The maximum atomic E-state index is 7.64. The van der Waals surface area contributed by atoms with Gasteiger partial charge in [-0.05, 0) is 37.5 Å². The highest BCUT2D eigenvalue weighted by Gasteiger charge is 2.19. The molecule has 4 heteroatoms. The third-order valence-electron chi connectivity index (χ3n) is 3.36. The molecular formula is C14H21N3O. The highest BCUT2D eigenvalue weighted by Crippen LogP contribution is 2.23. The zero-order valence-corrected chi connectivity index (χ0v) is 11.1.